The van der Waals surface area contributed by atoms with Gasteiger partial charge >= 0.3 is 0 Å². The number of halogens is 1. The van der Waals surface area contributed by atoms with Crippen LogP contribution in [0.5, 0.6) is 0 Å². The van der Waals surface area contributed by atoms with Crippen LogP contribution in [0.25, 0.3) is 0 Å². The van der Waals surface area contributed by atoms with E-state index in [0.717, 1.165) is 35.1 Å². The van der Waals surface area contributed by atoms with Crippen LogP contribution in [0.15, 0.2) is 53.0 Å². The third-order valence-electron chi connectivity index (χ3n) is 5.60. The van der Waals surface area contributed by atoms with Crippen molar-refractivity contribution in [2.45, 2.75) is 39.2 Å². The van der Waals surface area contributed by atoms with Gasteiger partial charge in [-0.3, -0.25) is 0 Å². The fraction of sp³-hybridized carbons (Fsp3) is 0.391. The van der Waals surface area contributed by atoms with Gasteiger partial charge in [-0.2, -0.15) is 0 Å². The van der Waals surface area contributed by atoms with E-state index < -0.39 is 5.97 Å². The van der Waals surface area contributed by atoms with E-state index in [1.807, 2.05) is 30.3 Å². The van der Waals surface area contributed by atoms with Gasteiger partial charge in [-0.1, -0.05) is 46.3 Å². The fourth-order valence-electron chi connectivity index (χ4n) is 3.87. The molecule has 6 heteroatoms. The third-order valence-corrected chi connectivity index (χ3v) is 6.45. The van der Waals surface area contributed by atoms with Gasteiger partial charge in [0.15, 0.2) is 5.11 Å². The zero-order chi connectivity index (χ0) is 20.8. The Balaban J connectivity index is 1.71. The first kappa shape index (κ1) is 21.8. The molecule has 1 aliphatic rings. The lowest BCUT2D eigenvalue weighted by Crippen LogP contribution is -2.40. The quantitative estimate of drug-likeness (QED) is 0.625. The maximum atomic E-state index is 11.1. The summed E-state index contributed by atoms with van der Waals surface area (Å²) in [4.78, 5) is 13.3. The number of hydrogen-bond donors (Lipinski definition) is 1. The molecule has 0 heterocycles. The van der Waals surface area contributed by atoms with Crippen molar-refractivity contribution in [1.82, 2.24) is 4.90 Å². The maximum Gasteiger partial charge on any atom is 0.173 e. The number of thiocarbonyl (C=S) groups is 1. The zero-order valence-electron chi connectivity index (χ0n) is 16.6. The molecule has 29 heavy (non-hydrogen) atoms. The van der Waals surface area contributed by atoms with Gasteiger partial charge in [0.05, 0.1) is 0 Å². The third kappa shape index (κ3) is 6.28. The molecule has 0 bridgehead atoms. The lowest BCUT2D eigenvalue weighted by atomic mass is 9.82. The Kier molecular flexibility index (Phi) is 7.67. The Bertz CT molecular complexity index is 865. The SMILES string of the molecule is Cc1ccccc1NC(=S)N(Cc1cccc(Br)c1)CC1CCC(C(=O)[O-])CC1. The summed E-state index contributed by atoms with van der Waals surface area (Å²) < 4.78 is 1.04. The number of anilines is 1. The minimum atomic E-state index is -0.911. The van der Waals surface area contributed by atoms with Crippen molar-refractivity contribution in [2.75, 3.05) is 11.9 Å². The molecule has 2 aromatic carbocycles. The number of aliphatic carboxylic acids is 1. The molecule has 1 N–H and O–H groups in total. The number of carbonyl (C=O) groups excluding carboxylic acids is 1. The largest absolute Gasteiger partial charge is 0.550 e. The summed E-state index contributed by atoms with van der Waals surface area (Å²) in [5.41, 5.74) is 3.33. The highest BCUT2D eigenvalue weighted by Crippen LogP contribution is 2.30. The average Bonchev–Trinajstić information content (AvgIpc) is 2.69. The van der Waals surface area contributed by atoms with Crippen LogP contribution in [0.2, 0.25) is 0 Å². The standard InChI is InChI=1S/C23H27BrN2O2S/c1-16-5-2-3-8-21(16)25-23(29)26(15-18-6-4-7-20(24)13-18)14-17-9-11-19(12-10-17)22(27)28/h2-8,13,17,19H,9-12,14-15H2,1H3,(H,25,29)(H,27,28)/p-1. The van der Waals surface area contributed by atoms with Gasteiger partial charge in [0.2, 0.25) is 0 Å². The Morgan fingerprint density at radius 2 is 1.90 bits per heavy atom. The summed E-state index contributed by atoms with van der Waals surface area (Å²) in [5.74, 6) is -0.789. The maximum absolute atomic E-state index is 11.1. The minimum Gasteiger partial charge on any atom is -0.550 e. The summed E-state index contributed by atoms with van der Waals surface area (Å²) in [6.07, 6.45) is 3.16. The van der Waals surface area contributed by atoms with E-state index in [-0.39, 0.29) is 5.92 Å². The monoisotopic (exact) mass is 473 g/mol. The number of rotatable bonds is 6. The predicted molar refractivity (Wildman–Crippen MR) is 122 cm³/mol. The molecule has 4 nitrogen and oxygen atoms in total. The second kappa shape index (κ2) is 10.2. The molecule has 0 saturated heterocycles. The summed E-state index contributed by atoms with van der Waals surface area (Å²) in [5, 5.41) is 15.2. The van der Waals surface area contributed by atoms with Crippen molar-refractivity contribution in [3.05, 3.63) is 64.1 Å². The number of carboxylic acids is 1. The smallest absolute Gasteiger partial charge is 0.173 e. The number of carboxylic acid groups (broad SMARTS) is 1. The normalized spacial score (nSPS) is 18.8. The van der Waals surface area contributed by atoms with Crippen molar-refractivity contribution in [1.29, 1.82) is 0 Å². The summed E-state index contributed by atoms with van der Waals surface area (Å²) in [6.45, 7) is 3.58. The van der Waals surface area contributed by atoms with E-state index in [2.05, 4.69) is 51.3 Å². The van der Waals surface area contributed by atoms with Gasteiger partial charge < -0.3 is 20.1 Å². The van der Waals surface area contributed by atoms with Gasteiger partial charge in [-0.15, -0.1) is 0 Å². The van der Waals surface area contributed by atoms with Crippen LogP contribution < -0.4 is 10.4 Å². The topological polar surface area (TPSA) is 55.4 Å². The fourth-order valence-corrected chi connectivity index (χ4v) is 4.57. The van der Waals surface area contributed by atoms with Gasteiger partial charge in [0, 0.05) is 29.2 Å². The highest BCUT2D eigenvalue weighted by molar-refractivity contribution is 9.10. The molecule has 154 valence electrons. The Morgan fingerprint density at radius 1 is 1.17 bits per heavy atom. The van der Waals surface area contributed by atoms with Crippen molar-refractivity contribution in [3.63, 3.8) is 0 Å². The molecule has 0 aliphatic heterocycles. The number of benzene rings is 2. The number of para-hydroxylation sites is 1. The summed E-state index contributed by atoms with van der Waals surface area (Å²) >= 11 is 9.32. The molecule has 0 amide bonds. The molecule has 3 rings (SSSR count). The number of aryl methyl sites for hydroxylation is 1. The van der Waals surface area contributed by atoms with E-state index >= 15 is 0 Å². The van der Waals surface area contributed by atoms with Gasteiger partial charge in [0.1, 0.15) is 0 Å². The Hall–Kier alpha value is -1.92. The minimum absolute atomic E-state index is 0.304. The number of carbonyl (C=O) groups is 1. The van der Waals surface area contributed by atoms with Crippen molar-refractivity contribution >= 4 is 44.9 Å². The van der Waals surface area contributed by atoms with Crippen molar-refractivity contribution in [3.8, 4) is 0 Å². The van der Waals surface area contributed by atoms with Gasteiger partial charge in [0.25, 0.3) is 0 Å². The molecule has 2 aromatic rings. The summed E-state index contributed by atoms with van der Waals surface area (Å²) in [6, 6.07) is 16.3. The van der Waals surface area contributed by atoms with Crippen LogP contribution in [0.4, 0.5) is 5.69 Å². The van der Waals surface area contributed by atoms with Crippen LogP contribution in [0.3, 0.4) is 0 Å². The lowest BCUT2D eigenvalue weighted by Gasteiger charge is -2.34. The average molecular weight is 474 g/mol. The van der Waals surface area contributed by atoms with Crippen LogP contribution in [-0.2, 0) is 11.3 Å². The first-order valence-corrected chi connectivity index (χ1v) is 11.2. The molecule has 0 spiro atoms. The van der Waals surface area contributed by atoms with Gasteiger partial charge in [-0.25, -0.2) is 0 Å². The first-order valence-electron chi connectivity index (χ1n) is 9.99. The van der Waals surface area contributed by atoms with E-state index in [9.17, 15) is 9.90 Å². The first-order chi connectivity index (χ1) is 13.9. The highest BCUT2D eigenvalue weighted by atomic mass is 79.9. The molecular formula is C23H26BrN2O2S-. The Labute approximate surface area is 186 Å². The molecular weight excluding hydrogens is 448 g/mol. The second-order valence-corrected chi connectivity index (χ2v) is 9.09. The van der Waals surface area contributed by atoms with E-state index in [4.69, 9.17) is 12.2 Å². The van der Waals surface area contributed by atoms with Crippen molar-refractivity contribution in [2.24, 2.45) is 11.8 Å². The van der Waals surface area contributed by atoms with Crippen molar-refractivity contribution < 1.29 is 9.90 Å². The summed E-state index contributed by atoms with van der Waals surface area (Å²) in [7, 11) is 0. The van der Waals surface area contributed by atoms with E-state index in [1.165, 1.54) is 5.56 Å². The van der Waals surface area contributed by atoms with E-state index in [1.54, 1.807) is 0 Å². The van der Waals surface area contributed by atoms with Crippen LogP contribution in [0, 0.1) is 18.8 Å². The molecule has 0 atom stereocenters. The molecule has 0 unspecified atom stereocenters. The zero-order valence-corrected chi connectivity index (χ0v) is 19.0. The number of nitrogens with zero attached hydrogens (tertiary/aromatic N) is 1. The Morgan fingerprint density at radius 3 is 2.55 bits per heavy atom. The van der Waals surface area contributed by atoms with Crippen LogP contribution >= 0.6 is 28.1 Å². The number of nitrogens with one attached hydrogen (secondary N) is 1. The lowest BCUT2D eigenvalue weighted by molar-refractivity contribution is -0.312. The predicted octanol–water partition coefficient (Wildman–Crippen LogP) is 4.51. The molecule has 1 aliphatic carbocycles. The molecule has 1 fully saturated rings. The van der Waals surface area contributed by atoms with Gasteiger partial charge in [-0.05, 0) is 86.0 Å². The second-order valence-electron chi connectivity index (χ2n) is 7.79. The molecule has 0 radical (unpaired) electrons. The van der Waals surface area contributed by atoms with Crippen LogP contribution in [0.1, 0.15) is 36.8 Å². The van der Waals surface area contributed by atoms with E-state index in [0.29, 0.717) is 30.4 Å². The molecule has 1 saturated carbocycles. The number of hydrogen-bond acceptors (Lipinski definition) is 3. The molecule has 0 aromatic heterocycles. The highest BCUT2D eigenvalue weighted by Gasteiger charge is 2.25. The van der Waals surface area contributed by atoms with Crippen LogP contribution in [-0.4, -0.2) is 22.5 Å².